The number of benzene rings is 2. The van der Waals surface area contributed by atoms with Crippen molar-refractivity contribution >= 4 is 44.2 Å². The van der Waals surface area contributed by atoms with Crippen LogP contribution in [0.2, 0.25) is 5.02 Å². The predicted molar refractivity (Wildman–Crippen MR) is 83.8 cm³/mol. The highest BCUT2D eigenvalue weighted by molar-refractivity contribution is 7.22. The zero-order valence-corrected chi connectivity index (χ0v) is 12.6. The maximum atomic E-state index is 13.1. The summed E-state index contributed by atoms with van der Waals surface area (Å²) >= 11 is 7.34. The van der Waals surface area contributed by atoms with Crippen molar-refractivity contribution in [2.45, 2.75) is 0 Å². The Kier molecular flexibility index (Phi) is 3.61. The molecule has 0 saturated heterocycles. The van der Waals surface area contributed by atoms with E-state index in [0.717, 1.165) is 16.3 Å². The molecule has 0 atom stereocenters. The molecule has 21 heavy (non-hydrogen) atoms. The van der Waals surface area contributed by atoms with Crippen LogP contribution in [0.5, 0.6) is 0 Å². The number of hydrogen-bond donors (Lipinski definition) is 0. The molecule has 3 aromatic rings. The van der Waals surface area contributed by atoms with Crippen molar-refractivity contribution in [2.75, 3.05) is 11.9 Å². The molecule has 0 radical (unpaired) electrons. The Labute approximate surface area is 129 Å². The Morgan fingerprint density at radius 1 is 1.29 bits per heavy atom. The number of aromatic nitrogens is 1. The normalized spacial score (nSPS) is 10.8. The molecule has 0 aliphatic rings. The van der Waals surface area contributed by atoms with Crippen LogP contribution in [0, 0.1) is 5.82 Å². The Bertz CT molecular complexity index is 800. The van der Waals surface area contributed by atoms with Crippen molar-refractivity contribution in [2.24, 2.45) is 0 Å². The average molecular weight is 321 g/mol. The van der Waals surface area contributed by atoms with Crippen LogP contribution in [0.25, 0.3) is 10.2 Å². The number of amides is 1. The first kappa shape index (κ1) is 14.0. The highest BCUT2D eigenvalue weighted by Crippen LogP contribution is 2.29. The number of nitrogens with zero attached hydrogens (tertiary/aromatic N) is 2. The van der Waals surface area contributed by atoms with E-state index in [0.29, 0.717) is 5.13 Å². The zero-order chi connectivity index (χ0) is 15.0. The lowest BCUT2D eigenvalue weighted by molar-refractivity contribution is 0.0993. The molecule has 0 fully saturated rings. The fraction of sp³-hybridized carbons (Fsp3) is 0.0667. The van der Waals surface area contributed by atoms with E-state index in [1.807, 2.05) is 24.3 Å². The third-order valence-electron chi connectivity index (χ3n) is 3.04. The number of fused-ring (bicyclic) bond motifs is 1. The zero-order valence-electron chi connectivity index (χ0n) is 11.0. The summed E-state index contributed by atoms with van der Waals surface area (Å²) in [6.07, 6.45) is 0. The van der Waals surface area contributed by atoms with Gasteiger partial charge in [-0.25, -0.2) is 9.37 Å². The molecule has 0 saturated carbocycles. The fourth-order valence-corrected chi connectivity index (χ4v) is 3.11. The molecule has 3 rings (SSSR count). The van der Waals surface area contributed by atoms with Gasteiger partial charge in [-0.05, 0) is 30.3 Å². The van der Waals surface area contributed by atoms with Gasteiger partial charge in [0, 0.05) is 7.05 Å². The van der Waals surface area contributed by atoms with Crippen LogP contribution in [-0.4, -0.2) is 17.9 Å². The van der Waals surface area contributed by atoms with Crippen molar-refractivity contribution in [3.05, 3.63) is 58.9 Å². The molecule has 0 N–H and O–H groups in total. The molecule has 0 aliphatic heterocycles. The molecule has 6 heteroatoms. The third-order valence-corrected chi connectivity index (χ3v) is 4.46. The summed E-state index contributed by atoms with van der Waals surface area (Å²) in [4.78, 5) is 18.3. The smallest absolute Gasteiger partial charge is 0.261 e. The molecule has 1 aromatic heterocycles. The second-order valence-electron chi connectivity index (χ2n) is 4.45. The van der Waals surface area contributed by atoms with Crippen LogP contribution >= 0.6 is 22.9 Å². The summed E-state index contributed by atoms with van der Waals surface area (Å²) in [5.74, 6) is -0.793. The first-order chi connectivity index (χ1) is 10.1. The van der Waals surface area contributed by atoms with E-state index >= 15 is 0 Å². The van der Waals surface area contributed by atoms with E-state index in [1.54, 1.807) is 7.05 Å². The summed E-state index contributed by atoms with van der Waals surface area (Å²) in [5, 5.41) is 0.662. The number of hydrogen-bond acceptors (Lipinski definition) is 3. The van der Waals surface area contributed by atoms with Gasteiger partial charge in [-0.1, -0.05) is 35.1 Å². The Morgan fingerprint density at radius 2 is 2.05 bits per heavy atom. The monoisotopic (exact) mass is 320 g/mol. The van der Waals surface area contributed by atoms with Crippen LogP contribution in [-0.2, 0) is 0 Å². The molecule has 1 amide bonds. The molecule has 0 spiro atoms. The number of carbonyl (C=O) groups excluding carboxylic acids is 1. The van der Waals surface area contributed by atoms with Gasteiger partial charge < -0.3 is 0 Å². The van der Waals surface area contributed by atoms with Gasteiger partial charge in [0.05, 0.1) is 20.8 Å². The van der Waals surface area contributed by atoms with Crippen molar-refractivity contribution in [1.82, 2.24) is 4.98 Å². The lowest BCUT2D eigenvalue weighted by Gasteiger charge is -2.14. The van der Waals surface area contributed by atoms with E-state index in [1.165, 1.54) is 28.4 Å². The van der Waals surface area contributed by atoms with E-state index in [4.69, 9.17) is 11.6 Å². The summed E-state index contributed by atoms with van der Waals surface area (Å²) in [7, 11) is 1.62. The minimum absolute atomic E-state index is 0.0907. The summed E-state index contributed by atoms with van der Waals surface area (Å²) in [6.45, 7) is 0. The van der Waals surface area contributed by atoms with Crippen molar-refractivity contribution in [3.8, 4) is 0 Å². The lowest BCUT2D eigenvalue weighted by Crippen LogP contribution is -2.26. The average Bonchev–Trinajstić information content (AvgIpc) is 2.89. The maximum absolute atomic E-state index is 13.1. The highest BCUT2D eigenvalue weighted by atomic mass is 35.5. The van der Waals surface area contributed by atoms with Gasteiger partial charge in [0.15, 0.2) is 5.13 Å². The topological polar surface area (TPSA) is 33.2 Å². The predicted octanol–water partition coefficient (Wildman–Crippen LogP) is 4.37. The van der Waals surface area contributed by atoms with E-state index in [9.17, 15) is 9.18 Å². The van der Waals surface area contributed by atoms with Gasteiger partial charge in [0.2, 0.25) is 0 Å². The van der Waals surface area contributed by atoms with Crippen LogP contribution in [0.3, 0.4) is 0 Å². The number of thiazole rings is 1. The number of para-hydroxylation sites is 1. The SMILES string of the molecule is CN(C(=O)c1ccc(F)cc1Cl)c1nc2ccccc2s1. The summed E-state index contributed by atoms with van der Waals surface area (Å²) < 4.78 is 14.1. The van der Waals surface area contributed by atoms with Crippen molar-refractivity contribution in [1.29, 1.82) is 0 Å². The standard InChI is InChI=1S/C15H10ClFN2OS/c1-19(14(20)10-7-6-9(17)8-11(10)16)15-18-12-4-2-3-5-13(12)21-15/h2-8H,1H3. The van der Waals surface area contributed by atoms with Gasteiger partial charge >= 0.3 is 0 Å². The van der Waals surface area contributed by atoms with Crippen LogP contribution < -0.4 is 4.90 Å². The van der Waals surface area contributed by atoms with Crippen molar-refractivity contribution < 1.29 is 9.18 Å². The minimum atomic E-state index is -0.473. The lowest BCUT2D eigenvalue weighted by atomic mass is 10.2. The molecular weight excluding hydrogens is 311 g/mol. The summed E-state index contributed by atoms with van der Waals surface area (Å²) in [5.41, 5.74) is 1.09. The number of halogens is 2. The van der Waals surface area contributed by atoms with Crippen LogP contribution in [0.4, 0.5) is 9.52 Å². The molecule has 106 valence electrons. The maximum Gasteiger partial charge on any atom is 0.261 e. The minimum Gasteiger partial charge on any atom is -0.287 e. The summed E-state index contributed by atoms with van der Waals surface area (Å²) in [6, 6.07) is 11.4. The van der Waals surface area contributed by atoms with Crippen LogP contribution in [0.15, 0.2) is 42.5 Å². The first-order valence-electron chi connectivity index (χ1n) is 6.15. The Balaban J connectivity index is 1.97. The number of rotatable bonds is 2. The van der Waals surface area contributed by atoms with Gasteiger partial charge in [-0.3, -0.25) is 9.69 Å². The highest BCUT2D eigenvalue weighted by Gasteiger charge is 2.19. The molecule has 2 aromatic carbocycles. The van der Waals surface area contributed by atoms with E-state index < -0.39 is 5.82 Å². The number of anilines is 1. The first-order valence-corrected chi connectivity index (χ1v) is 7.34. The Hall–Kier alpha value is -1.98. The number of carbonyl (C=O) groups is 1. The molecule has 0 unspecified atom stereocenters. The molecule has 0 bridgehead atoms. The molecule has 0 aliphatic carbocycles. The quantitative estimate of drug-likeness (QED) is 0.702. The fourth-order valence-electron chi connectivity index (χ4n) is 1.93. The Morgan fingerprint density at radius 3 is 2.76 bits per heavy atom. The van der Waals surface area contributed by atoms with Gasteiger partial charge in [-0.2, -0.15) is 0 Å². The van der Waals surface area contributed by atoms with Gasteiger partial charge in [0.25, 0.3) is 5.91 Å². The van der Waals surface area contributed by atoms with Gasteiger partial charge in [0.1, 0.15) is 5.82 Å². The van der Waals surface area contributed by atoms with Crippen molar-refractivity contribution in [3.63, 3.8) is 0 Å². The van der Waals surface area contributed by atoms with Crippen LogP contribution in [0.1, 0.15) is 10.4 Å². The molecular formula is C15H10ClFN2OS. The van der Waals surface area contributed by atoms with E-state index in [-0.39, 0.29) is 16.5 Å². The molecule has 1 heterocycles. The third kappa shape index (κ3) is 2.62. The van der Waals surface area contributed by atoms with Gasteiger partial charge in [-0.15, -0.1) is 0 Å². The second-order valence-corrected chi connectivity index (χ2v) is 5.87. The largest absolute Gasteiger partial charge is 0.287 e. The molecule has 3 nitrogen and oxygen atoms in total. The second kappa shape index (κ2) is 5.42. The van der Waals surface area contributed by atoms with E-state index in [2.05, 4.69) is 4.98 Å².